The predicted molar refractivity (Wildman–Crippen MR) is 89.7 cm³/mol. The Morgan fingerprint density at radius 3 is 2.61 bits per heavy atom. The minimum Gasteiger partial charge on any atom is -0.394 e. The van der Waals surface area contributed by atoms with Gasteiger partial charge in [-0.2, -0.15) is 0 Å². The summed E-state index contributed by atoms with van der Waals surface area (Å²) in [7, 11) is 1.69. The summed E-state index contributed by atoms with van der Waals surface area (Å²) in [5, 5.41) is 9.17. The van der Waals surface area contributed by atoms with Crippen LogP contribution in [0.5, 0.6) is 0 Å². The van der Waals surface area contributed by atoms with Gasteiger partial charge in [0.05, 0.1) is 23.7 Å². The van der Waals surface area contributed by atoms with Gasteiger partial charge in [-0.1, -0.05) is 12.1 Å². The molecule has 1 amide bonds. The molecule has 5 nitrogen and oxygen atoms in total. The first-order chi connectivity index (χ1) is 11.1. The van der Waals surface area contributed by atoms with Crippen LogP contribution in [0.2, 0.25) is 0 Å². The minimum absolute atomic E-state index is 0.0542. The van der Waals surface area contributed by atoms with Crippen LogP contribution in [0.4, 0.5) is 0 Å². The molecule has 0 fully saturated rings. The standard InChI is InChI=1S/C18H19N3O2/c1-13(11-22)20(2)18(23)14-7-9-15(10-8-14)21-12-19-16-5-3-4-6-17(16)21/h3-10,12-13,22H,11H2,1-2H3. The van der Waals surface area contributed by atoms with Gasteiger partial charge in [0.15, 0.2) is 0 Å². The maximum absolute atomic E-state index is 12.4. The first-order valence-corrected chi connectivity index (χ1v) is 7.52. The van der Waals surface area contributed by atoms with E-state index in [-0.39, 0.29) is 18.6 Å². The van der Waals surface area contributed by atoms with Crippen LogP contribution in [0.1, 0.15) is 17.3 Å². The van der Waals surface area contributed by atoms with Gasteiger partial charge in [-0.3, -0.25) is 9.36 Å². The molecule has 1 heterocycles. The molecule has 118 valence electrons. The van der Waals surface area contributed by atoms with Gasteiger partial charge in [0, 0.05) is 18.3 Å². The van der Waals surface area contributed by atoms with Crippen molar-refractivity contribution in [3.05, 3.63) is 60.4 Å². The van der Waals surface area contributed by atoms with Crippen LogP contribution in [0.25, 0.3) is 16.7 Å². The number of aromatic nitrogens is 2. The van der Waals surface area contributed by atoms with E-state index in [1.165, 1.54) is 0 Å². The number of amides is 1. The molecule has 5 heteroatoms. The normalized spacial score (nSPS) is 12.3. The van der Waals surface area contributed by atoms with E-state index in [0.29, 0.717) is 5.56 Å². The number of hydrogen-bond acceptors (Lipinski definition) is 3. The number of fused-ring (bicyclic) bond motifs is 1. The largest absolute Gasteiger partial charge is 0.394 e. The zero-order valence-electron chi connectivity index (χ0n) is 13.2. The van der Waals surface area contributed by atoms with Crippen LogP contribution in [-0.4, -0.2) is 45.2 Å². The Morgan fingerprint density at radius 1 is 1.22 bits per heavy atom. The number of imidazole rings is 1. The average Bonchev–Trinajstić information content (AvgIpc) is 3.04. The smallest absolute Gasteiger partial charge is 0.253 e. The van der Waals surface area contributed by atoms with Crippen molar-refractivity contribution in [3.8, 4) is 5.69 Å². The summed E-state index contributed by atoms with van der Waals surface area (Å²) in [4.78, 5) is 18.3. The molecule has 0 bridgehead atoms. The van der Waals surface area contributed by atoms with Gasteiger partial charge >= 0.3 is 0 Å². The van der Waals surface area contributed by atoms with Crippen LogP contribution in [0.15, 0.2) is 54.9 Å². The number of aliphatic hydroxyl groups excluding tert-OH is 1. The topological polar surface area (TPSA) is 58.4 Å². The lowest BCUT2D eigenvalue weighted by Gasteiger charge is -2.23. The maximum Gasteiger partial charge on any atom is 0.253 e. The highest BCUT2D eigenvalue weighted by molar-refractivity contribution is 5.94. The lowest BCUT2D eigenvalue weighted by Crippen LogP contribution is -2.37. The second-order valence-electron chi connectivity index (χ2n) is 5.60. The Hall–Kier alpha value is -2.66. The van der Waals surface area contributed by atoms with E-state index < -0.39 is 0 Å². The number of carbonyl (C=O) groups excluding carboxylic acids is 1. The number of nitrogens with zero attached hydrogens (tertiary/aromatic N) is 3. The lowest BCUT2D eigenvalue weighted by atomic mass is 10.1. The Labute approximate surface area is 134 Å². The van der Waals surface area contributed by atoms with Gasteiger partial charge in [-0.25, -0.2) is 4.98 Å². The van der Waals surface area contributed by atoms with Crippen LogP contribution in [0, 0.1) is 0 Å². The molecule has 3 aromatic rings. The van der Waals surface area contributed by atoms with Gasteiger partial charge in [-0.05, 0) is 43.3 Å². The highest BCUT2D eigenvalue weighted by atomic mass is 16.3. The second kappa shape index (κ2) is 6.22. The summed E-state index contributed by atoms with van der Waals surface area (Å²) in [5.41, 5.74) is 3.51. The van der Waals surface area contributed by atoms with E-state index in [9.17, 15) is 4.79 Å². The Bertz CT molecular complexity index is 824. The van der Waals surface area contributed by atoms with Crippen LogP contribution < -0.4 is 0 Å². The number of carbonyl (C=O) groups is 1. The third kappa shape index (κ3) is 2.83. The van der Waals surface area contributed by atoms with Crippen LogP contribution in [0.3, 0.4) is 0 Å². The molecule has 0 aliphatic carbocycles. The van der Waals surface area contributed by atoms with Crippen molar-refractivity contribution in [1.82, 2.24) is 14.5 Å². The summed E-state index contributed by atoms with van der Waals surface area (Å²) < 4.78 is 1.99. The molecule has 0 aliphatic heterocycles. The van der Waals surface area contributed by atoms with Crippen molar-refractivity contribution in [2.24, 2.45) is 0 Å². The van der Waals surface area contributed by atoms with Gasteiger partial charge < -0.3 is 10.0 Å². The molecule has 1 unspecified atom stereocenters. The predicted octanol–water partition coefficient (Wildman–Crippen LogP) is 2.48. The third-order valence-corrected chi connectivity index (χ3v) is 4.09. The van der Waals surface area contributed by atoms with E-state index in [1.807, 2.05) is 47.9 Å². The number of aliphatic hydroxyl groups is 1. The number of benzene rings is 2. The summed E-state index contributed by atoms with van der Waals surface area (Å²) in [6.45, 7) is 1.76. The van der Waals surface area contributed by atoms with Crippen molar-refractivity contribution in [1.29, 1.82) is 0 Å². The Morgan fingerprint density at radius 2 is 1.91 bits per heavy atom. The van der Waals surface area contributed by atoms with Gasteiger partial charge in [-0.15, -0.1) is 0 Å². The molecular formula is C18H19N3O2. The highest BCUT2D eigenvalue weighted by Gasteiger charge is 2.16. The molecule has 1 aromatic heterocycles. The van der Waals surface area contributed by atoms with Crippen molar-refractivity contribution in [3.63, 3.8) is 0 Å². The molecular weight excluding hydrogens is 290 g/mol. The zero-order valence-corrected chi connectivity index (χ0v) is 13.2. The number of likely N-dealkylation sites (N-methyl/N-ethyl adjacent to an activating group) is 1. The minimum atomic E-state index is -0.209. The molecule has 0 spiro atoms. The molecule has 0 radical (unpaired) electrons. The van der Waals surface area contributed by atoms with Crippen molar-refractivity contribution < 1.29 is 9.90 Å². The van der Waals surface area contributed by atoms with Crippen LogP contribution in [-0.2, 0) is 0 Å². The fraction of sp³-hybridized carbons (Fsp3) is 0.222. The summed E-state index contributed by atoms with van der Waals surface area (Å²) in [5.74, 6) is -0.103. The van der Waals surface area contributed by atoms with E-state index in [1.54, 1.807) is 30.4 Å². The fourth-order valence-corrected chi connectivity index (χ4v) is 2.46. The quantitative estimate of drug-likeness (QED) is 0.805. The van der Waals surface area contributed by atoms with E-state index in [0.717, 1.165) is 16.7 Å². The molecule has 23 heavy (non-hydrogen) atoms. The number of para-hydroxylation sites is 2. The van der Waals surface area contributed by atoms with E-state index >= 15 is 0 Å². The summed E-state index contributed by atoms with van der Waals surface area (Å²) in [6, 6.07) is 15.1. The summed E-state index contributed by atoms with van der Waals surface area (Å²) >= 11 is 0. The highest BCUT2D eigenvalue weighted by Crippen LogP contribution is 2.18. The molecule has 1 atom stereocenters. The van der Waals surface area contributed by atoms with Gasteiger partial charge in [0.2, 0.25) is 0 Å². The average molecular weight is 309 g/mol. The first-order valence-electron chi connectivity index (χ1n) is 7.52. The molecule has 3 rings (SSSR count). The van der Waals surface area contributed by atoms with E-state index in [4.69, 9.17) is 5.11 Å². The maximum atomic E-state index is 12.4. The number of rotatable bonds is 4. The van der Waals surface area contributed by atoms with Crippen molar-refractivity contribution >= 4 is 16.9 Å². The molecule has 0 aliphatic rings. The number of hydrogen-bond donors (Lipinski definition) is 1. The van der Waals surface area contributed by atoms with E-state index in [2.05, 4.69) is 4.98 Å². The van der Waals surface area contributed by atoms with Crippen molar-refractivity contribution in [2.45, 2.75) is 13.0 Å². The molecule has 0 saturated heterocycles. The van der Waals surface area contributed by atoms with Crippen molar-refractivity contribution in [2.75, 3.05) is 13.7 Å². The second-order valence-corrected chi connectivity index (χ2v) is 5.60. The van der Waals surface area contributed by atoms with Gasteiger partial charge in [0.1, 0.15) is 6.33 Å². The van der Waals surface area contributed by atoms with Crippen LogP contribution >= 0.6 is 0 Å². The monoisotopic (exact) mass is 309 g/mol. The zero-order chi connectivity index (χ0) is 16.4. The van der Waals surface area contributed by atoms with Gasteiger partial charge in [0.25, 0.3) is 5.91 Å². The molecule has 0 saturated carbocycles. The summed E-state index contributed by atoms with van der Waals surface area (Å²) in [6.07, 6.45) is 1.78. The molecule has 2 aromatic carbocycles. The SMILES string of the molecule is CC(CO)N(C)C(=O)c1ccc(-n2cnc3ccccc32)cc1. The third-order valence-electron chi connectivity index (χ3n) is 4.09. The Balaban J connectivity index is 1.89. The first kappa shape index (κ1) is 15.2. The molecule has 1 N–H and O–H groups in total. The Kier molecular flexibility index (Phi) is 4.12. The lowest BCUT2D eigenvalue weighted by molar-refractivity contribution is 0.0682. The fourth-order valence-electron chi connectivity index (χ4n) is 2.46.